The molecule has 11 nitrogen and oxygen atoms in total. The van der Waals surface area contributed by atoms with Crippen LogP contribution in [0.4, 0.5) is 27.2 Å². The SMILES string of the molecule is CCCN(COCCSSCOC(=O)N(CCCc1cccc(C(F)(F)F)c1)[C@H](C)c1cccc2ccccc12)C(=O)O[C@@H]1O[C@H](CF)[C@@H](O)[C@H](O)[C@H]1O. The van der Waals surface area contributed by atoms with Crippen molar-refractivity contribution < 1.29 is 61.4 Å². The highest BCUT2D eigenvalue weighted by molar-refractivity contribution is 8.76. The van der Waals surface area contributed by atoms with Gasteiger partial charge in [-0.25, -0.2) is 14.0 Å². The third-order valence-corrected chi connectivity index (χ3v) is 10.8. The van der Waals surface area contributed by atoms with Crippen molar-refractivity contribution in [3.63, 3.8) is 0 Å². The van der Waals surface area contributed by atoms with E-state index in [-0.39, 0.29) is 32.4 Å². The molecule has 0 saturated carbocycles. The lowest BCUT2D eigenvalue weighted by atomic mass is 9.98. The summed E-state index contributed by atoms with van der Waals surface area (Å²) in [6.07, 6.45) is -13.0. The largest absolute Gasteiger partial charge is 0.437 e. The second-order valence-electron chi connectivity index (χ2n) is 12.6. The molecule has 0 aliphatic carbocycles. The number of carbonyl (C=O) groups excluding carboxylic acids is 2. The lowest BCUT2D eigenvalue weighted by Crippen LogP contribution is -2.59. The molecule has 6 atom stereocenters. The molecule has 298 valence electrons. The van der Waals surface area contributed by atoms with Gasteiger partial charge < -0.3 is 39.2 Å². The molecular formula is C37H46F4N2O9S2. The summed E-state index contributed by atoms with van der Waals surface area (Å²) in [5, 5.41) is 31.9. The van der Waals surface area contributed by atoms with E-state index < -0.39 is 67.3 Å². The number of halogens is 4. The van der Waals surface area contributed by atoms with Crippen LogP contribution in [0.2, 0.25) is 0 Å². The lowest BCUT2D eigenvalue weighted by Gasteiger charge is -2.39. The quantitative estimate of drug-likeness (QED) is 0.0535. The number of aryl methyl sites for hydroxylation is 1. The summed E-state index contributed by atoms with van der Waals surface area (Å²) in [6, 6.07) is 18.4. The Morgan fingerprint density at radius 1 is 0.944 bits per heavy atom. The monoisotopic (exact) mass is 802 g/mol. The Labute approximate surface area is 319 Å². The fraction of sp³-hybridized carbons (Fsp3) is 0.514. The van der Waals surface area contributed by atoms with Crippen molar-refractivity contribution in [3.8, 4) is 0 Å². The summed E-state index contributed by atoms with van der Waals surface area (Å²) in [4.78, 5) is 29.0. The number of nitrogens with zero attached hydrogens (tertiary/aromatic N) is 2. The van der Waals surface area contributed by atoms with E-state index in [2.05, 4.69) is 0 Å². The molecule has 4 rings (SSSR count). The number of benzene rings is 3. The summed E-state index contributed by atoms with van der Waals surface area (Å²) < 4.78 is 74.5. The molecule has 17 heteroatoms. The van der Waals surface area contributed by atoms with Crippen molar-refractivity contribution in [3.05, 3.63) is 83.4 Å². The fourth-order valence-electron chi connectivity index (χ4n) is 5.89. The third kappa shape index (κ3) is 12.1. The number of aliphatic hydroxyl groups excluding tert-OH is 3. The summed E-state index contributed by atoms with van der Waals surface area (Å²) in [5.41, 5.74) is 0.709. The number of rotatable bonds is 18. The molecule has 3 N–H and O–H groups in total. The van der Waals surface area contributed by atoms with Gasteiger partial charge >= 0.3 is 18.4 Å². The molecule has 1 heterocycles. The molecular weight excluding hydrogens is 757 g/mol. The highest BCUT2D eigenvalue weighted by Gasteiger charge is 2.46. The van der Waals surface area contributed by atoms with Gasteiger partial charge in [0.2, 0.25) is 6.29 Å². The van der Waals surface area contributed by atoms with Gasteiger partial charge in [-0.05, 0) is 54.2 Å². The van der Waals surface area contributed by atoms with E-state index >= 15 is 0 Å². The third-order valence-electron chi connectivity index (χ3n) is 8.76. The highest BCUT2D eigenvalue weighted by atomic mass is 33.1. The van der Waals surface area contributed by atoms with E-state index in [1.165, 1.54) is 32.6 Å². The minimum absolute atomic E-state index is 0.00824. The highest BCUT2D eigenvalue weighted by Crippen LogP contribution is 2.32. The summed E-state index contributed by atoms with van der Waals surface area (Å²) >= 11 is 0. The van der Waals surface area contributed by atoms with Crippen molar-refractivity contribution in [2.75, 3.05) is 44.8 Å². The van der Waals surface area contributed by atoms with Gasteiger partial charge in [-0.3, -0.25) is 4.90 Å². The van der Waals surface area contributed by atoms with Gasteiger partial charge in [-0.15, -0.1) is 0 Å². The van der Waals surface area contributed by atoms with Crippen LogP contribution in [-0.4, -0.2) is 113 Å². The molecule has 54 heavy (non-hydrogen) atoms. The van der Waals surface area contributed by atoms with E-state index in [0.29, 0.717) is 30.6 Å². The predicted octanol–water partition coefficient (Wildman–Crippen LogP) is 6.93. The van der Waals surface area contributed by atoms with Gasteiger partial charge in [0.15, 0.2) is 0 Å². The minimum atomic E-state index is -4.45. The maximum Gasteiger partial charge on any atom is 0.416 e. The molecule has 1 aliphatic rings. The number of amides is 2. The van der Waals surface area contributed by atoms with Crippen LogP contribution in [0.3, 0.4) is 0 Å². The molecule has 1 fully saturated rings. The zero-order chi connectivity index (χ0) is 39.3. The summed E-state index contributed by atoms with van der Waals surface area (Å²) in [5.74, 6) is 0.464. The van der Waals surface area contributed by atoms with E-state index in [1.807, 2.05) is 56.3 Å². The lowest BCUT2D eigenvalue weighted by molar-refractivity contribution is -0.284. The number of ether oxygens (including phenoxy) is 4. The van der Waals surface area contributed by atoms with Gasteiger partial charge in [-0.1, -0.05) is 89.2 Å². The molecule has 1 saturated heterocycles. The van der Waals surface area contributed by atoms with E-state index in [4.69, 9.17) is 18.9 Å². The maximum absolute atomic E-state index is 13.5. The number of fused-ring (bicyclic) bond motifs is 1. The Hall–Kier alpha value is -3.32. The van der Waals surface area contributed by atoms with Crippen molar-refractivity contribution in [1.82, 2.24) is 9.80 Å². The van der Waals surface area contributed by atoms with E-state index in [1.54, 1.807) is 11.0 Å². The van der Waals surface area contributed by atoms with Crippen LogP contribution in [0, 0.1) is 0 Å². The smallest absolute Gasteiger partial charge is 0.416 e. The van der Waals surface area contributed by atoms with Crippen LogP contribution < -0.4 is 0 Å². The topological polar surface area (TPSA) is 138 Å². The standard InChI is InChI=1S/C37H46F4N2O9S2/c1-3-16-42(35(47)52-34-33(46)32(45)31(44)30(21-38)51-34)22-49-18-19-53-54-23-50-36(48)43(17-8-10-25-9-6-13-27(20-25)37(39,40)41)24(2)28-15-7-12-26-11-4-5-14-29(26)28/h4-7,9,11-15,20,24,30-34,44-46H,3,8,10,16-19,21-23H2,1-2H3/t24-,30-,31-,32+,33-,34+/m1/s1. The number of hydrogen-bond donors (Lipinski definition) is 3. The molecule has 0 spiro atoms. The van der Waals surface area contributed by atoms with Gasteiger partial charge in [0, 0.05) is 18.8 Å². The zero-order valence-corrected chi connectivity index (χ0v) is 31.5. The van der Waals surface area contributed by atoms with Gasteiger partial charge in [0.05, 0.1) is 18.2 Å². The number of hydrogen-bond acceptors (Lipinski definition) is 11. The van der Waals surface area contributed by atoms with Crippen LogP contribution in [0.5, 0.6) is 0 Å². The van der Waals surface area contributed by atoms with Crippen LogP contribution in [-0.2, 0) is 31.5 Å². The normalized spacial score (nSPS) is 20.7. The number of carbonyl (C=O) groups is 2. The van der Waals surface area contributed by atoms with Gasteiger partial charge in [-0.2, -0.15) is 13.2 Å². The van der Waals surface area contributed by atoms with Crippen LogP contribution in [0.25, 0.3) is 10.8 Å². The van der Waals surface area contributed by atoms with Gasteiger partial charge in [0.25, 0.3) is 0 Å². The Morgan fingerprint density at radius 2 is 1.69 bits per heavy atom. The minimum Gasteiger partial charge on any atom is -0.437 e. The van der Waals surface area contributed by atoms with E-state index in [0.717, 1.165) is 28.5 Å². The average molecular weight is 803 g/mol. The van der Waals surface area contributed by atoms with Crippen molar-refractivity contribution >= 4 is 44.5 Å². The number of aliphatic hydroxyl groups is 3. The van der Waals surface area contributed by atoms with Crippen LogP contribution >= 0.6 is 21.6 Å². The molecule has 2 amide bonds. The molecule has 3 aromatic rings. The first-order chi connectivity index (χ1) is 25.8. The Balaban J connectivity index is 1.25. The van der Waals surface area contributed by atoms with Crippen molar-refractivity contribution in [2.24, 2.45) is 0 Å². The van der Waals surface area contributed by atoms with Gasteiger partial charge in [0.1, 0.15) is 43.8 Å². The molecule has 0 unspecified atom stereocenters. The van der Waals surface area contributed by atoms with Crippen molar-refractivity contribution in [1.29, 1.82) is 0 Å². The Bertz CT molecular complexity index is 1630. The second-order valence-corrected chi connectivity index (χ2v) is 15.1. The van der Waals surface area contributed by atoms with Crippen molar-refractivity contribution in [2.45, 2.75) is 76.0 Å². The number of alkyl halides is 4. The maximum atomic E-state index is 13.5. The second kappa shape index (κ2) is 21.1. The first-order valence-corrected chi connectivity index (χ1v) is 19.9. The first kappa shape index (κ1) is 43.4. The molecule has 0 radical (unpaired) electrons. The fourth-order valence-corrected chi connectivity index (χ4v) is 7.32. The average Bonchev–Trinajstić information content (AvgIpc) is 3.16. The van der Waals surface area contributed by atoms with Crippen LogP contribution in [0.1, 0.15) is 49.4 Å². The predicted molar refractivity (Wildman–Crippen MR) is 197 cm³/mol. The summed E-state index contributed by atoms with van der Waals surface area (Å²) in [7, 11) is 2.64. The zero-order valence-electron chi connectivity index (χ0n) is 29.9. The Kier molecular flexibility index (Phi) is 17.0. The Morgan fingerprint density at radius 3 is 2.43 bits per heavy atom. The molecule has 3 aromatic carbocycles. The van der Waals surface area contributed by atoms with Crippen LogP contribution in [0.15, 0.2) is 66.7 Å². The first-order valence-electron chi connectivity index (χ1n) is 17.5. The summed E-state index contributed by atoms with van der Waals surface area (Å²) in [6.45, 7) is 3.05. The molecule has 0 aromatic heterocycles. The van der Waals surface area contributed by atoms with E-state index in [9.17, 15) is 42.5 Å². The molecule has 1 aliphatic heterocycles. The molecule has 0 bridgehead atoms.